The maximum atomic E-state index is 10.9. The van der Waals surface area contributed by atoms with Crippen molar-refractivity contribution in [2.24, 2.45) is 11.8 Å². The quantitative estimate of drug-likeness (QED) is 0.716. The van der Waals surface area contributed by atoms with Gasteiger partial charge in [-0.15, -0.1) is 0 Å². The SMILES string of the molecule is CC1CCCC1CNc1cc(C(=O)O)ccc1N. The number of aromatic carboxylic acids is 1. The van der Waals surface area contributed by atoms with Gasteiger partial charge in [-0.1, -0.05) is 19.8 Å². The average Bonchev–Trinajstić information content (AvgIpc) is 2.73. The maximum Gasteiger partial charge on any atom is 0.335 e. The molecule has 1 aliphatic rings. The summed E-state index contributed by atoms with van der Waals surface area (Å²) in [5.74, 6) is 0.478. The molecule has 0 amide bonds. The zero-order valence-corrected chi connectivity index (χ0v) is 10.6. The van der Waals surface area contributed by atoms with E-state index in [1.54, 1.807) is 12.1 Å². The number of anilines is 2. The van der Waals surface area contributed by atoms with E-state index in [-0.39, 0.29) is 5.56 Å². The molecule has 0 bridgehead atoms. The van der Waals surface area contributed by atoms with E-state index in [2.05, 4.69) is 12.2 Å². The van der Waals surface area contributed by atoms with Gasteiger partial charge in [0.25, 0.3) is 0 Å². The first kappa shape index (κ1) is 12.7. The molecule has 18 heavy (non-hydrogen) atoms. The molecule has 1 aromatic rings. The second-order valence-electron chi connectivity index (χ2n) is 5.16. The lowest BCUT2D eigenvalue weighted by atomic mass is 9.98. The number of rotatable bonds is 4. The Hall–Kier alpha value is -1.71. The Kier molecular flexibility index (Phi) is 3.75. The zero-order chi connectivity index (χ0) is 13.1. The second kappa shape index (κ2) is 5.29. The van der Waals surface area contributed by atoms with Gasteiger partial charge in [-0.25, -0.2) is 4.79 Å². The smallest absolute Gasteiger partial charge is 0.335 e. The van der Waals surface area contributed by atoms with Crippen LogP contribution in [0.4, 0.5) is 11.4 Å². The Bertz CT molecular complexity index is 445. The number of hydrogen-bond donors (Lipinski definition) is 3. The zero-order valence-electron chi connectivity index (χ0n) is 10.6. The molecule has 1 aromatic carbocycles. The van der Waals surface area contributed by atoms with Crippen molar-refractivity contribution in [3.63, 3.8) is 0 Å². The van der Waals surface area contributed by atoms with Gasteiger partial charge >= 0.3 is 5.97 Å². The summed E-state index contributed by atoms with van der Waals surface area (Å²) in [6.45, 7) is 3.14. The van der Waals surface area contributed by atoms with Gasteiger partial charge in [-0.3, -0.25) is 0 Å². The van der Waals surface area contributed by atoms with Crippen molar-refractivity contribution >= 4 is 17.3 Å². The van der Waals surface area contributed by atoms with E-state index in [9.17, 15) is 4.79 Å². The molecule has 1 fully saturated rings. The summed E-state index contributed by atoms with van der Waals surface area (Å²) in [7, 11) is 0. The fourth-order valence-corrected chi connectivity index (χ4v) is 2.61. The van der Waals surface area contributed by atoms with Crippen LogP contribution < -0.4 is 11.1 Å². The van der Waals surface area contributed by atoms with Gasteiger partial charge in [0, 0.05) is 6.54 Å². The van der Waals surface area contributed by atoms with Crippen LogP contribution in [0.2, 0.25) is 0 Å². The van der Waals surface area contributed by atoms with Crippen molar-refractivity contribution in [1.82, 2.24) is 0 Å². The largest absolute Gasteiger partial charge is 0.478 e. The van der Waals surface area contributed by atoms with Crippen LogP contribution in [0, 0.1) is 11.8 Å². The summed E-state index contributed by atoms with van der Waals surface area (Å²) in [6, 6.07) is 4.78. The highest BCUT2D eigenvalue weighted by Crippen LogP contribution is 2.31. The van der Waals surface area contributed by atoms with E-state index >= 15 is 0 Å². The molecule has 4 N–H and O–H groups in total. The van der Waals surface area contributed by atoms with E-state index in [0.29, 0.717) is 11.6 Å². The van der Waals surface area contributed by atoms with Crippen LogP contribution in [0.5, 0.6) is 0 Å². The Morgan fingerprint density at radius 1 is 1.50 bits per heavy atom. The van der Waals surface area contributed by atoms with Crippen LogP contribution in [0.3, 0.4) is 0 Å². The van der Waals surface area contributed by atoms with Gasteiger partial charge in [0.15, 0.2) is 0 Å². The van der Waals surface area contributed by atoms with Crippen molar-refractivity contribution in [3.05, 3.63) is 23.8 Å². The minimum absolute atomic E-state index is 0.270. The van der Waals surface area contributed by atoms with Crippen LogP contribution in [0.15, 0.2) is 18.2 Å². The molecular weight excluding hydrogens is 228 g/mol. The van der Waals surface area contributed by atoms with E-state index in [1.165, 1.54) is 25.3 Å². The van der Waals surface area contributed by atoms with Crippen LogP contribution >= 0.6 is 0 Å². The number of carboxylic acids is 1. The van der Waals surface area contributed by atoms with E-state index in [4.69, 9.17) is 10.8 Å². The van der Waals surface area contributed by atoms with Gasteiger partial charge in [0.2, 0.25) is 0 Å². The first-order chi connectivity index (χ1) is 8.58. The number of nitrogens with two attached hydrogens (primary N) is 1. The number of nitrogen functional groups attached to an aromatic ring is 1. The lowest BCUT2D eigenvalue weighted by Gasteiger charge is -2.18. The van der Waals surface area contributed by atoms with Gasteiger partial charge in [-0.2, -0.15) is 0 Å². The molecular formula is C14H20N2O2. The molecule has 2 unspecified atom stereocenters. The molecule has 2 atom stereocenters. The fraction of sp³-hybridized carbons (Fsp3) is 0.500. The summed E-state index contributed by atoms with van der Waals surface area (Å²) in [4.78, 5) is 10.9. The maximum absolute atomic E-state index is 10.9. The molecule has 0 aromatic heterocycles. The molecule has 98 valence electrons. The minimum Gasteiger partial charge on any atom is -0.478 e. The van der Waals surface area contributed by atoms with Crippen LogP contribution in [0.25, 0.3) is 0 Å². The highest BCUT2D eigenvalue weighted by molar-refractivity contribution is 5.90. The second-order valence-corrected chi connectivity index (χ2v) is 5.16. The number of nitrogens with one attached hydrogen (secondary N) is 1. The van der Waals surface area contributed by atoms with Crippen molar-refractivity contribution in [2.45, 2.75) is 26.2 Å². The fourth-order valence-electron chi connectivity index (χ4n) is 2.61. The Morgan fingerprint density at radius 2 is 2.28 bits per heavy atom. The Morgan fingerprint density at radius 3 is 2.89 bits per heavy atom. The molecule has 0 aliphatic heterocycles. The van der Waals surface area contributed by atoms with E-state index in [1.807, 2.05) is 0 Å². The van der Waals surface area contributed by atoms with Gasteiger partial charge in [-0.05, 0) is 36.5 Å². The van der Waals surface area contributed by atoms with Crippen LogP contribution in [0.1, 0.15) is 36.5 Å². The summed E-state index contributed by atoms with van der Waals surface area (Å²) < 4.78 is 0. The normalized spacial score (nSPS) is 22.9. The Labute approximate surface area is 107 Å². The third-order valence-electron chi connectivity index (χ3n) is 3.89. The molecule has 4 heteroatoms. The van der Waals surface area contributed by atoms with Crippen LogP contribution in [-0.4, -0.2) is 17.6 Å². The molecule has 2 rings (SSSR count). The highest BCUT2D eigenvalue weighted by atomic mass is 16.4. The predicted octanol–water partition coefficient (Wildman–Crippen LogP) is 2.82. The summed E-state index contributed by atoms with van der Waals surface area (Å²) in [5.41, 5.74) is 7.46. The van der Waals surface area contributed by atoms with Crippen molar-refractivity contribution < 1.29 is 9.90 Å². The number of carbonyl (C=O) groups is 1. The first-order valence-electron chi connectivity index (χ1n) is 6.44. The topological polar surface area (TPSA) is 75.3 Å². The van der Waals surface area contributed by atoms with Gasteiger partial charge < -0.3 is 16.2 Å². The minimum atomic E-state index is -0.924. The van der Waals surface area contributed by atoms with Crippen molar-refractivity contribution in [3.8, 4) is 0 Å². The summed E-state index contributed by atoms with van der Waals surface area (Å²) in [5, 5.41) is 12.2. The number of benzene rings is 1. The lowest BCUT2D eigenvalue weighted by Crippen LogP contribution is -2.17. The van der Waals surface area contributed by atoms with E-state index in [0.717, 1.165) is 18.2 Å². The highest BCUT2D eigenvalue weighted by Gasteiger charge is 2.23. The summed E-state index contributed by atoms with van der Waals surface area (Å²) >= 11 is 0. The number of hydrogen-bond acceptors (Lipinski definition) is 3. The lowest BCUT2D eigenvalue weighted by molar-refractivity contribution is 0.0697. The first-order valence-corrected chi connectivity index (χ1v) is 6.44. The molecule has 1 aliphatic carbocycles. The molecule has 0 radical (unpaired) electrons. The molecule has 4 nitrogen and oxygen atoms in total. The van der Waals surface area contributed by atoms with Gasteiger partial charge in [0.05, 0.1) is 16.9 Å². The van der Waals surface area contributed by atoms with Crippen molar-refractivity contribution in [1.29, 1.82) is 0 Å². The Balaban J connectivity index is 2.04. The third-order valence-corrected chi connectivity index (χ3v) is 3.89. The molecule has 0 heterocycles. The molecule has 0 saturated heterocycles. The standard InChI is InChI=1S/C14H20N2O2/c1-9-3-2-4-11(9)8-16-13-7-10(14(17)18)5-6-12(13)15/h5-7,9,11,16H,2-4,8,15H2,1H3,(H,17,18). The van der Waals surface area contributed by atoms with Gasteiger partial charge in [0.1, 0.15) is 0 Å². The molecule has 1 saturated carbocycles. The van der Waals surface area contributed by atoms with Crippen molar-refractivity contribution in [2.75, 3.05) is 17.6 Å². The average molecular weight is 248 g/mol. The number of carboxylic acid groups (broad SMARTS) is 1. The third kappa shape index (κ3) is 2.75. The predicted molar refractivity (Wildman–Crippen MR) is 72.8 cm³/mol. The summed E-state index contributed by atoms with van der Waals surface area (Å²) in [6.07, 6.45) is 3.82. The monoisotopic (exact) mass is 248 g/mol. The van der Waals surface area contributed by atoms with E-state index < -0.39 is 5.97 Å². The van der Waals surface area contributed by atoms with Crippen LogP contribution in [-0.2, 0) is 0 Å². The molecule has 0 spiro atoms.